The van der Waals surface area contributed by atoms with Crippen LogP contribution in [-0.2, 0) is 19.9 Å². The summed E-state index contributed by atoms with van der Waals surface area (Å²) < 4.78 is 28.1. The number of hydrogen-bond donors (Lipinski definition) is 0. The van der Waals surface area contributed by atoms with Crippen LogP contribution in [0.3, 0.4) is 0 Å². The Hall–Kier alpha value is -5.88. The molecule has 4 aromatic rings. The zero-order valence-corrected chi connectivity index (χ0v) is 22.4. The third kappa shape index (κ3) is 4.14. The second-order valence-electron chi connectivity index (χ2n) is 9.38. The third-order valence-electron chi connectivity index (χ3n) is 7.11. The van der Waals surface area contributed by atoms with Gasteiger partial charge in [-0.1, -0.05) is 36.4 Å². The average Bonchev–Trinajstić information content (AvgIpc) is 3.31. The number of fused-ring (bicyclic) bond motifs is 6. The van der Waals surface area contributed by atoms with E-state index in [2.05, 4.69) is 4.74 Å². The van der Waals surface area contributed by atoms with Gasteiger partial charge in [0.15, 0.2) is 5.60 Å². The standard InChI is InChI=1S/C33H21NO8/c1-38-21-11-13-26-28(16-21)41-29-17-22(12-14-27(29)33(26)25-10-6-5-9-24(25)32(37)42-33)40-31(36)23-8-4-3-7-19(23)15-20(18-34)30(35)39-2/h3-17H,1-2H3/b20-15+. The van der Waals surface area contributed by atoms with Crippen LogP contribution in [-0.4, -0.2) is 32.1 Å². The van der Waals surface area contributed by atoms with E-state index >= 15 is 0 Å². The minimum absolute atomic E-state index is 0.123. The van der Waals surface area contributed by atoms with E-state index in [1.54, 1.807) is 72.8 Å². The summed E-state index contributed by atoms with van der Waals surface area (Å²) in [5.41, 5.74) is 1.14. The predicted molar refractivity (Wildman–Crippen MR) is 148 cm³/mol. The lowest BCUT2D eigenvalue weighted by molar-refractivity contribution is -0.135. The molecule has 6 rings (SSSR count). The van der Waals surface area contributed by atoms with Crippen LogP contribution < -0.4 is 14.2 Å². The highest BCUT2D eigenvalue weighted by atomic mass is 16.6. The molecule has 206 valence electrons. The zero-order chi connectivity index (χ0) is 29.4. The van der Waals surface area contributed by atoms with Crippen molar-refractivity contribution in [3.05, 3.63) is 124 Å². The molecule has 1 atom stereocenters. The van der Waals surface area contributed by atoms with Crippen molar-refractivity contribution in [2.75, 3.05) is 14.2 Å². The summed E-state index contributed by atoms with van der Waals surface area (Å²) in [4.78, 5) is 38.2. The lowest BCUT2D eigenvalue weighted by atomic mass is 9.77. The number of carbonyl (C=O) groups is 3. The van der Waals surface area contributed by atoms with Crippen molar-refractivity contribution in [1.29, 1.82) is 5.26 Å². The second kappa shape index (κ2) is 10.3. The minimum Gasteiger partial charge on any atom is -0.497 e. The van der Waals surface area contributed by atoms with E-state index in [0.717, 1.165) is 7.11 Å². The first-order chi connectivity index (χ1) is 20.4. The van der Waals surface area contributed by atoms with Gasteiger partial charge in [0.1, 0.15) is 34.6 Å². The third-order valence-corrected chi connectivity index (χ3v) is 7.11. The average molecular weight is 560 g/mol. The maximum absolute atomic E-state index is 13.3. The van der Waals surface area contributed by atoms with Crippen molar-refractivity contribution >= 4 is 24.0 Å². The Bertz CT molecular complexity index is 1870. The maximum atomic E-state index is 13.3. The predicted octanol–water partition coefficient (Wildman–Crippen LogP) is 5.56. The first-order valence-corrected chi connectivity index (χ1v) is 12.7. The van der Waals surface area contributed by atoms with Gasteiger partial charge in [-0.05, 0) is 48.0 Å². The smallest absolute Gasteiger partial charge is 0.348 e. The van der Waals surface area contributed by atoms with Crippen LogP contribution in [0, 0.1) is 11.3 Å². The van der Waals surface area contributed by atoms with Crippen LogP contribution in [0.2, 0.25) is 0 Å². The maximum Gasteiger partial charge on any atom is 0.348 e. The number of hydrogen-bond acceptors (Lipinski definition) is 9. The topological polar surface area (TPSA) is 121 Å². The van der Waals surface area contributed by atoms with Gasteiger partial charge in [-0.15, -0.1) is 0 Å². The van der Waals surface area contributed by atoms with E-state index < -0.39 is 23.5 Å². The fourth-order valence-electron chi connectivity index (χ4n) is 5.20. The Morgan fingerprint density at radius 1 is 0.857 bits per heavy atom. The Labute approximate surface area is 240 Å². The SMILES string of the molecule is COC(=O)/C(C#N)=C/c1ccccc1C(=O)Oc1ccc2c(c1)Oc1cc(OC)ccc1C21OC(=O)c2ccccc21. The zero-order valence-electron chi connectivity index (χ0n) is 22.4. The van der Waals surface area contributed by atoms with Crippen molar-refractivity contribution in [3.63, 3.8) is 0 Å². The molecule has 0 aromatic heterocycles. The molecule has 9 nitrogen and oxygen atoms in total. The van der Waals surface area contributed by atoms with E-state index in [-0.39, 0.29) is 16.9 Å². The number of esters is 3. The molecule has 2 aliphatic heterocycles. The van der Waals surface area contributed by atoms with Gasteiger partial charge < -0.3 is 23.7 Å². The van der Waals surface area contributed by atoms with E-state index in [9.17, 15) is 19.6 Å². The molecule has 2 heterocycles. The van der Waals surface area contributed by atoms with E-state index in [0.29, 0.717) is 45.1 Å². The molecule has 0 aliphatic carbocycles. The van der Waals surface area contributed by atoms with Gasteiger partial charge in [0, 0.05) is 28.8 Å². The highest BCUT2D eigenvalue weighted by molar-refractivity contribution is 6.01. The highest BCUT2D eigenvalue weighted by Crippen LogP contribution is 2.57. The summed E-state index contributed by atoms with van der Waals surface area (Å²) in [7, 11) is 2.70. The van der Waals surface area contributed by atoms with Crippen molar-refractivity contribution < 1.29 is 38.1 Å². The summed E-state index contributed by atoms with van der Waals surface area (Å²) in [6.45, 7) is 0. The molecule has 0 bridgehead atoms. The van der Waals surface area contributed by atoms with E-state index in [1.807, 2.05) is 12.1 Å². The number of rotatable bonds is 5. The molecular formula is C33H21NO8. The van der Waals surface area contributed by atoms with Crippen LogP contribution >= 0.6 is 0 Å². The monoisotopic (exact) mass is 559 g/mol. The quantitative estimate of drug-likeness (QED) is 0.134. The lowest BCUT2D eigenvalue weighted by Gasteiger charge is -2.36. The normalized spacial score (nSPS) is 16.2. The summed E-state index contributed by atoms with van der Waals surface area (Å²) in [6, 6.07) is 25.4. The van der Waals surface area contributed by atoms with E-state index in [4.69, 9.17) is 18.9 Å². The Morgan fingerprint density at radius 2 is 1.52 bits per heavy atom. The number of nitrogens with zero attached hydrogens (tertiary/aromatic N) is 1. The fraction of sp³-hybridized carbons (Fsp3) is 0.0909. The largest absolute Gasteiger partial charge is 0.497 e. The molecule has 42 heavy (non-hydrogen) atoms. The Balaban J connectivity index is 1.41. The summed E-state index contributed by atoms with van der Waals surface area (Å²) >= 11 is 0. The van der Waals surface area contributed by atoms with Crippen LogP contribution in [0.25, 0.3) is 6.08 Å². The molecule has 0 N–H and O–H groups in total. The lowest BCUT2D eigenvalue weighted by Crippen LogP contribution is -2.33. The molecule has 1 spiro atoms. The number of carbonyl (C=O) groups excluding carboxylic acids is 3. The molecule has 2 aliphatic rings. The first kappa shape index (κ1) is 26.3. The number of methoxy groups -OCH3 is 2. The number of nitriles is 1. The minimum atomic E-state index is -1.29. The second-order valence-corrected chi connectivity index (χ2v) is 9.38. The van der Waals surface area contributed by atoms with E-state index in [1.165, 1.54) is 19.3 Å². The molecule has 0 saturated carbocycles. The Kier molecular flexibility index (Phi) is 6.44. The number of ether oxygens (including phenoxy) is 5. The van der Waals surface area contributed by atoms with Crippen LogP contribution in [0.5, 0.6) is 23.0 Å². The molecular weight excluding hydrogens is 538 g/mol. The summed E-state index contributed by atoms with van der Waals surface area (Å²) in [5, 5.41) is 9.35. The van der Waals surface area contributed by atoms with Crippen molar-refractivity contribution in [3.8, 4) is 29.1 Å². The Morgan fingerprint density at radius 3 is 2.24 bits per heavy atom. The molecule has 0 saturated heterocycles. The molecule has 1 unspecified atom stereocenters. The summed E-state index contributed by atoms with van der Waals surface area (Å²) in [5.74, 6) is -0.592. The van der Waals surface area contributed by atoms with Crippen LogP contribution in [0.4, 0.5) is 0 Å². The van der Waals surface area contributed by atoms with Gasteiger partial charge in [0.05, 0.1) is 25.3 Å². The molecule has 9 heteroatoms. The first-order valence-electron chi connectivity index (χ1n) is 12.7. The van der Waals surface area contributed by atoms with Gasteiger partial charge in [0.2, 0.25) is 0 Å². The molecule has 0 fully saturated rings. The van der Waals surface area contributed by atoms with Gasteiger partial charge in [-0.25, -0.2) is 14.4 Å². The van der Waals surface area contributed by atoms with Gasteiger partial charge in [0.25, 0.3) is 0 Å². The molecule has 0 amide bonds. The summed E-state index contributed by atoms with van der Waals surface area (Å²) in [6.07, 6.45) is 1.26. The molecule has 4 aromatic carbocycles. The van der Waals surface area contributed by atoms with Gasteiger partial charge in [-0.3, -0.25) is 0 Å². The van der Waals surface area contributed by atoms with Crippen molar-refractivity contribution in [2.45, 2.75) is 5.60 Å². The van der Waals surface area contributed by atoms with Crippen LogP contribution in [0.1, 0.15) is 43.0 Å². The van der Waals surface area contributed by atoms with Gasteiger partial charge in [-0.2, -0.15) is 5.26 Å². The highest BCUT2D eigenvalue weighted by Gasteiger charge is 2.53. The fourth-order valence-corrected chi connectivity index (χ4v) is 5.20. The molecule has 0 radical (unpaired) electrons. The van der Waals surface area contributed by atoms with Crippen molar-refractivity contribution in [2.24, 2.45) is 0 Å². The van der Waals surface area contributed by atoms with Crippen LogP contribution in [0.15, 0.2) is 90.5 Å². The van der Waals surface area contributed by atoms with Crippen molar-refractivity contribution in [1.82, 2.24) is 0 Å². The van der Waals surface area contributed by atoms with Gasteiger partial charge >= 0.3 is 17.9 Å². The number of benzene rings is 4.